The first-order chi connectivity index (χ1) is 13.4. The number of hydrogen-bond acceptors (Lipinski definition) is 3. The van der Waals surface area contributed by atoms with Crippen LogP contribution in [0.15, 0.2) is 18.2 Å². The minimum atomic E-state index is 0.216. The minimum absolute atomic E-state index is 0.216. The predicted molar refractivity (Wildman–Crippen MR) is 115 cm³/mol. The Morgan fingerprint density at radius 3 is 2.57 bits per heavy atom. The molecule has 4 nitrogen and oxygen atoms in total. The Bertz CT molecular complexity index is 782. The molecule has 0 aromatic heterocycles. The number of nitrogens with one attached hydrogen (secondary N) is 1. The summed E-state index contributed by atoms with van der Waals surface area (Å²) in [6.45, 7) is 12.1. The second kappa shape index (κ2) is 6.48. The van der Waals surface area contributed by atoms with Crippen molar-refractivity contribution in [3.05, 3.63) is 23.8 Å². The zero-order valence-corrected chi connectivity index (χ0v) is 17.9. The van der Waals surface area contributed by atoms with Crippen LogP contribution in [0.5, 0.6) is 0 Å². The standard InChI is InChI=1S/C24H35N3O/c1-15-14-26(12-11-25-15)19-7-8-21-20(13-19)22(24(4)9-10-24)16(2)23(18-5-6-18)27(21)17(3)28/h7-8,13,15-16,18,22-23,25H,5-6,9-12,14H2,1-4H3/t15-,16+,22+,23+/m0/s1. The lowest BCUT2D eigenvalue weighted by Gasteiger charge is -2.48. The number of rotatable bonds is 3. The van der Waals surface area contributed by atoms with E-state index in [2.05, 4.69) is 54.1 Å². The molecular formula is C24H35N3O. The first-order valence-corrected chi connectivity index (χ1v) is 11.3. The molecule has 2 aliphatic heterocycles. The van der Waals surface area contributed by atoms with Crippen molar-refractivity contribution in [3.8, 4) is 0 Å². The number of benzene rings is 1. The Hall–Kier alpha value is -1.55. The summed E-state index contributed by atoms with van der Waals surface area (Å²) < 4.78 is 0. The van der Waals surface area contributed by atoms with Gasteiger partial charge in [-0.3, -0.25) is 4.79 Å². The summed E-state index contributed by atoms with van der Waals surface area (Å²) in [6.07, 6.45) is 5.23. The molecule has 0 radical (unpaired) electrons. The van der Waals surface area contributed by atoms with Gasteiger partial charge in [-0.2, -0.15) is 0 Å². The fraction of sp³-hybridized carbons (Fsp3) is 0.708. The molecule has 1 N–H and O–H groups in total. The second-order valence-corrected chi connectivity index (χ2v) is 10.3. The summed E-state index contributed by atoms with van der Waals surface area (Å²) in [6, 6.07) is 7.88. The van der Waals surface area contributed by atoms with Crippen molar-refractivity contribution in [2.75, 3.05) is 29.4 Å². The van der Waals surface area contributed by atoms with Gasteiger partial charge < -0.3 is 15.1 Å². The zero-order valence-electron chi connectivity index (χ0n) is 17.9. The highest BCUT2D eigenvalue weighted by molar-refractivity contribution is 5.94. The smallest absolute Gasteiger partial charge is 0.224 e. The third-order valence-electron chi connectivity index (χ3n) is 7.94. The van der Waals surface area contributed by atoms with E-state index in [-0.39, 0.29) is 5.91 Å². The zero-order chi connectivity index (χ0) is 19.6. The third-order valence-corrected chi connectivity index (χ3v) is 7.94. The first-order valence-electron chi connectivity index (χ1n) is 11.3. The van der Waals surface area contributed by atoms with Crippen molar-refractivity contribution in [2.45, 2.75) is 71.4 Å². The molecule has 1 aromatic rings. The van der Waals surface area contributed by atoms with Crippen LogP contribution in [0.3, 0.4) is 0 Å². The summed E-state index contributed by atoms with van der Waals surface area (Å²) >= 11 is 0. The number of hydrogen-bond donors (Lipinski definition) is 1. The van der Waals surface area contributed by atoms with Gasteiger partial charge in [0.15, 0.2) is 0 Å². The Labute approximate surface area is 169 Å². The van der Waals surface area contributed by atoms with E-state index in [0.29, 0.717) is 35.3 Å². The molecule has 0 spiro atoms. The second-order valence-electron chi connectivity index (χ2n) is 10.3. The molecule has 3 fully saturated rings. The lowest BCUT2D eigenvalue weighted by Crippen LogP contribution is -2.51. The van der Waals surface area contributed by atoms with Gasteiger partial charge in [-0.1, -0.05) is 13.8 Å². The number of carbonyl (C=O) groups is 1. The molecule has 2 saturated carbocycles. The van der Waals surface area contributed by atoms with Gasteiger partial charge in [-0.25, -0.2) is 0 Å². The SMILES string of the molecule is CC(=O)N1c2ccc(N3CCN[C@@H](C)C3)cc2[C@H](C2(C)CC2)[C@@H](C)[C@@H]1C1CC1. The van der Waals surface area contributed by atoms with Gasteiger partial charge in [0.05, 0.1) is 0 Å². The van der Waals surface area contributed by atoms with Crippen LogP contribution in [-0.4, -0.2) is 37.6 Å². The maximum absolute atomic E-state index is 12.8. The maximum atomic E-state index is 12.8. The molecule has 0 unspecified atom stereocenters. The predicted octanol–water partition coefficient (Wildman–Crippen LogP) is 4.15. The third kappa shape index (κ3) is 2.96. The van der Waals surface area contributed by atoms with E-state index in [1.165, 1.54) is 42.6 Å². The van der Waals surface area contributed by atoms with Gasteiger partial charge >= 0.3 is 0 Å². The summed E-state index contributed by atoms with van der Waals surface area (Å²) in [5, 5.41) is 3.55. The lowest BCUT2D eigenvalue weighted by molar-refractivity contribution is -0.117. The monoisotopic (exact) mass is 381 g/mol. The van der Waals surface area contributed by atoms with Gasteiger partial charge in [-0.15, -0.1) is 0 Å². The number of carbonyl (C=O) groups excluding carboxylic acids is 1. The Kier molecular flexibility index (Phi) is 4.28. The van der Waals surface area contributed by atoms with Crippen LogP contribution in [0.1, 0.15) is 64.9 Å². The number of piperazine rings is 1. The van der Waals surface area contributed by atoms with Crippen LogP contribution >= 0.6 is 0 Å². The first kappa shape index (κ1) is 18.5. The largest absolute Gasteiger partial charge is 0.369 e. The molecule has 1 saturated heterocycles. The molecular weight excluding hydrogens is 346 g/mol. The molecule has 1 amide bonds. The molecule has 2 heterocycles. The summed E-state index contributed by atoms with van der Waals surface area (Å²) in [5.74, 6) is 2.02. The quantitative estimate of drug-likeness (QED) is 0.854. The van der Waals surface area contributed by atoms with E-state index in [4.69, 9.17) is 0 Å². The number of anilines is 2. The van der Waals surface area contributed by atoms with Gasteiger partial charge in [0.2, 0.25) is 5.91 Å². The highest BCUT2D eigenvalue weighted by atomic mass is 16.2. The molecule has 0 bridgehead atoms. The van der Waals surface area contributed by atoms with Gasteiger partial charge in [0, 0.05) is 50.0 Å². The number of nitrogens with zero attached hydrogens (tertiary/aromatic N) is 2. The van der Waals surface area contributed by atoms with Gasteiger partial charge in [-0.05, 0) is 79.5 Å². The van der Waals surface area contributed by atoms with E-state index in [9.17, 15) is 4.79 Å². The summed E-state index contributed by atoms with van der Waals surface area (Å²) in [4.78, 5) is 17.4. The number of fused-ring (bicyclic) bond motifs is 1. The average molecular weight is 382 g/mol. The Morgan fingerprint density at radius 1 is 1.21 bits per heavy atom. The fourth-order valence-corrected chi connectivity index (χ4v) is 6.23. The van der Waals surface area contributed by atoms with E-state index >= 15 is 0 Å². The summed E-state index contributed by atoms with van der Waals surface area (Å²) in [7, 11) is 0. The van der Waals surface area contributed by atoms with Crippen molar-refractivity contribution in [1.82, 2.24) is 5.32 Å². The molecule has 4 atom stereocenters. The lowest BCUT2D eigenvalue weighted by atomic mass is 9.68. The van der Waals surface area contributed by atoms with Crippen LogP contribution in [0, 0.1) is 17.3 Å². The number of amides is 1. The van der Waals surface area contributed by atoms with Gasteiger partial charge in [0.1, 0.15) is 0 Å². The van der Waals surface area contributed by atoms with Crippen LogP contribution < -0.4 is 15.1 Å². The molecule has 4 heteroatoms. The highest BCUT2D eigenvalue weighted by Crippen LogP contribution is 2.64. The topological polar surface area (TPSA) is 35.6 Å². The fourth-order valence-electron chi connectivity index (χ4n) is 6.23. The molecule has 1 aromatic carbocycles. The average Bonchev–Trinajstić information content (AvgIpc) is 3.57. The van der Waals surface area contributed by atoms with E-state index in [0.717, 1.165) is 19.6 Å². The molecule has 152 valence electrons. The molecule has 5 rings (SSSR count). The van der Waals surface area contributed by atoms with Crippen molar-refractivity contribution >= 4 is 17.3 Å². The Balaban J connectivity index is 1.60. The van der Waals surface area contributed by atoms with Crippen LogP contribution in [0.4, 0.5) is 11.4 Å². The van der Waals surface area contributed by atoms with E-state index in [1.807, 2.05) is 0 Å². The molecule has 2 aliphatic carbocycles. The maximum Gasteiger partial charge on any atom is 0.224 e. The Morgan fingerprint density at radius 2 is 1.96 bits per heavy atom. The van der Waals surface area contributed by atoms with E-state index < -0.39 is 0 Å². The van der Waals surface area contributed by atoms with Crippen molar-refractivity contribution in [1.29, 1.82) is 0 Å². The van der Waals surface area contributed by atoms with E-state index in [1.54, 1.807) is 6.92 Å². The van der Waals surface area contributed by atoms with Crippen LogP contribution in [0.2, 0.25) is 0 Å². The van der Waals surface area contributed by atoms with Crippen molar-refractivity contribution < 1.29 is 4.79 Å². The van der Waals surface area contributed by atoms with Gasteiger partial charge in [0.25, 0.3) is 0 Å². The normalized spacial score (nSPS) is 34.1. The minimum Gasteiger partial charge on any atom is -0.369 e. The van der Waals surface area contributed by atoms with Crippen LogP contribution in [-0.2, 0) is 4.79 Å². The van der Waals surface area contributed by atoms with Crippen molar-refractivity contribution in [2.24, 2.45) is 17.3 Å². The molecule has 4 aliphatic rings. The van der Waals surface area contributed by atoms with Crippen molar-refractivity contribution in [3.63, 3.8) is 0 Å². The molecule has 28 heavy (non-hydrogen) atoms. The summed E-state index contributed by atoms with van der Waals surface area (Å²) in [5.41, 5.74) is 4.39. The van der Waals surface area contributed by atoms with Crippen LogP contribution in [0.25, 0.3) is 0 Å². The highest BCUT2D eigenvalue weighted by Gasteiger charge is 2.56.